The highest BCUT2D eigenvalue weighted by Crippen LogP contribution is 2.31. The summed E-state index contributed by atoms with van der Waals surface area (Å²) in [5.74, 6) is 0.474. The lowest BCUT2D eigenvalue weighted by Gasteiger charge is -2.37. The minimum atomic E-state index is -0.116. The maximum atomic E-state index is 13.7. The second-order valence-corrected chi connectivity index (χ2v) is 10.7. The van der Waals surface area contributed by atoms with Crippen molar-refractivity contribution in [2.75, 3.05) is 10.2 Å². The first-order chi connectivity index (χ1) is 21.1. The number of hydrogen-bond acceptors (Lipinski definition) is 7. The van der Waals surface area contributed by atoms with Crippen LogP contribution in [0.2, 0.25) is 0 Å². The summed E-state index contributed by atoms with van der Waals surface area (Å²) in [6, 6.07) is 20.2. The lowest BCUT2D eigenvalue weighted by atomic mass is 9.90. The number of hydrogen-bond donors (Lipinski definition) is 3. The lowest BCUT2D eigenvalue weighted by Crippen LogP contribution is -2.48. The number of anilines is 2. The Bertz CT molecular complexity index is 1700. The summed E-state index contributed by atoms with van der Waals surface area (Å²) in [4.78, 5) is 24.6. The molecule has 3 aromatic heterocycles. The zero-order valence-corrected chi connectivity index (χ0v) is 23.8. The van der Waals surface area contributed by atoms with Gasteiger partial charge in [0.25, 0.3) is 0 Å². The number of carbonyl (C=O) groups excluding carboxylic acids is 1. The zero-order chi connectivity index (χ0) is 29.6. The number of urea groups is 1. The van der Waals surface area contributed by atoms with Crippen LogP contribution in [0.25, 0.3) is 22.4 Å². The van der Waals surface area contributed by atoms with Crippen LogP contribution in [-0.4, -0.2) is 48.1 Å². The van der Waals surface area contributed by atoms with E-state index in [2.05, 4.69) is 42.0 Å². The fraction of sp³-hybridized carbons (Fsp3) is 0.250. The van der Waals surface area contributed by atoms with Crippen LogP contribution in [0, 0.1) is 11.3 Å². The topological polar surface area (TPSA) is 140 Å². The van der Waals surface area contributed by atoms with E-state index in [0.717, 1.165) is 53.6 Å². The molecule has 11 nitrogen and oxygen atoms in total. The second-order valence-electron chi connectivity index (χ2n) is 10.7. The van der Waals surface area contributed by atoms with E-state index in [1.807, 2.05) is 78.9 Å². The Hall–Kier alpha value is -5.50. The van der Waals surface area contributed by atoms with E-state index >= 15 is 0 Å². The number of aryl methyl sites for hydroxylation is 1. The maximum Gasteiger partial charge on any atom is 0.322 e. The molecule has 0 saturated heterocycles. The fourth-order valence-electron chi connectivity index (χ4n) is 5.53. The van der Waals surface area contributed by atoms with Crippen molar-refractivity contribution in [1.82, 2.24) is 35.3 Å². The molecule has 1 aliphatic rings. The molecular weight excluding hydrogens is 540 g/mol. The van der Waals surface area contributed by atoms with Gasteiger partial charge in [-0.2, -0.15) is 15.5 Å². The molecule has 11 heteroatoms. The zero-order valence-electron chi connectivity index (χ0n) is 23.8. The number of carbonyl (C=O) groups is 1. The minimum Gasteiger partial charge on any atom is -0.351 e. The van der Waals surface area contributed by atoms with Crippen molar-refractivity contribution in [1.29, 1.82) is 5.26 Å². The van der Waals surface area contributed by atoms with Crippen molar-refractivity contribution in [2.24, 2.45) is 7.05 Å². The molecule has 0 spiro atoms. The normalized spacial score (nSPS) is 16.3. The van der Waals surface area contributed by atoms with Crippen molar-refractivity contribution in [3.8, 4) is 28.5 Å². The number of nitrogens with zero attached hydrogens (tertiary/aromatic N) is 7. The number of benzene rings is 2. The van der Waals surface area contributed by atoms with Crippen molar-refractivity contribution < 1.29 is 4.79 Å². The highest BCUT2D eigenvalue weighted by atomic mass is 16.2. The first kappa shape index (κ1) is 27.7. The number of rotatable bonds is 8. The van der Waals surface area contributed by atoms with Gasteiger partial charge in [0.1, 0.15) is 6.07 Å². The predicted molar refractivity (Wildman–Crippen MR) is 164 cm³/mol. The van der Waals surface area contributed by atoms with Gasteiger partial charge in [-0.15, -0.1) is 0 Å². The Morgan fingerprint density at radius 1 is 1.02 bits per heavy atom. The molecule has 1 fully saturated rings. The minimum absolute atomic E-state index is 0.0291. The molecule has 6 rings (SSSR count). The maximum absolute atomic E-state index is 13.7. The number of H-pyrrole nitrogens is 1. The van der Waals surface area contributed by atoms with Gasteiger partial charge in [-0.25, -0.2) is 14.8 Å². The van der Waals surface area contributed by atoms with Crippen LogP contribution in [0.5, 0.6) is 0 Å². The molecule has 1 aliphatic carbocycles. The Morgan fingerprint density at radius 2 is 1.81 bits per heavy atom. The summed E-state index contributed by atoms with van der Waals surface area (Å²) in [5.41, 5.74) is 5.65. The largest absolute Gasteiger partial charge is 0.351 e. The van der Waals surface area contributed by atoms with E-state index in [1.165, 1.54) is 6.20 Å². The molecular formula is C32H32N10O. The molecule has 0 radical (unpaired) electrons. The third-order valence-corrected chi connectivity index (χ3v) is 7.76. The number of nitriles is 1. The first-order valence-electron chi connectivity index (χ1n) is 14.3. The molecule has 1 saturated carbocycles. The predicted octanol–water partition coefficient (Wildman–Crippen LogP) is 5.28. The quantitative estimate of drug-likeness (QED) is 0.230. The van der Waals surface area contributed by atoms with Gasteiger partial charge in [-0.05, 0) is 48.9 Å². The molecule has 2 amide bonds. The molecule has 43 heavy (non-hydrogen) atoms. The molecule has 5 aromatic rings. The second kappa shape index (κ2) is 12.6. The van der Waals surface area contributed by atoms with Crippen LogP contribution in [0.15, 0.2) is 85.6 Å². The van der Waals surface area contributed by atoms with Crippen LogP contribution in [0.1, 0.15) is 36.8 Å². The van der Waals surface area contributed by atoms with Gasteiger partial charge in [0.05, 0.1) is 29.8 Å². The van der Waals surface area contributed by atoms with Crippen LogP contribution in [0.4, 0.5) is 16.4 Å². The van der Waals surface area contributed by atoms with E-state index in [4.69, 9.17) is 0 Å². The van der Waals surface area contributed by atoms with Crippen molar-refractivity contribution >= 4 is 17.7 Å². The van der Waals surface area contributed by atoms with E-state index in [-0.39, 0.29) is 18.1 Å². The molecule has 3 heterocycles. The fourth-order valence-corrected chi connectivity index (χ4v) is 5.53. The summed E-state index contributed by atoms with van der Waals surface area (Å²) in [6.07, 6.45) is 12.0. The Morgan fingerprint density at radius 3 is 2.49 bits per heavy atom. The Balaban J connectivity index is 1.16. The van der Waals surface area contributed by atoms with Gasteiger partial charge < -0.3 is 10.6 Å². The molecule has 0 unspecified atom stereocenters. The average molecular weight is 573 g/mol. The highest BCUT2D eigenvalue weighted by molar-refractivity contribution is 5.93. The summed E-state index contributed by atoms with van der Waals surface area (Å²) < 4.78 is 1.78. The highest BCUT2D eigenvalue weighted by Gasteiger charge is 2.30. The van der Waals surface area contributed by atoms with Crippen molar-refractivity contribution in [3.05, 3.63) is 96.7 Å². The van der Waals surface area contributed by atoms with Crippen molar-refractivity contribution in [3.63, 3.8) is 0 Å². The Labute approximate surface area is 249 Å². The van der Waals surface area contributed by atoms with E-state index in [9.17, 15) is 10.1 Å². The third-order valence-electron chi connectivity index (χ3n) is 7.76. The Kier molecular flexibility index (Phi) is 8.08. The smallest absolute Gasteiger partial charge is 0.322 e. The van der Waals surface area contributed by atoms with Crippen LogP contribution in [-0.2, 0) is 13.6 Å². The van der Waals surface area contributed by atoms with Crippen LogP contribution in [0.3, 0.4) is 0 Å². The van der Waals surface area contributed by atoms with Crippen LogP contribution < -0.4 is 15.5 Å². The van der Waals surface area contributed by atoms with Crippen LogP contribution >= 0.6 is 0 Å². The summed E-state index contributed by atoms with van der Waals surface area (Å²) >= 11 is 0. The van der Waals surface area contributed by atoms with Gasteiger partial charge in [0, 0.05) is 54.9 Å². The van der Waals surface area contributed by atoms with Gasteiger partial charge in [-0.3, -0.25) is 14.7 Å². The number of amides is 2. The molecule has 2 aromatic carbocycles. The van der Waals surface area contributed by atoms with Gasteiger partial charge in [0.2, 0.25) is 5.95 Å². The molecule has 3 N–H and O–H groups in total. The molecule has 0 aliphatic heterocycles. The molecule has 216 valence electrons. The standard InChI is InChI=1S/C32H32N10O/c1-41-21-26(20-38-41)23-7-11-28(12-8-23)42(32(43)35-16-22-5-3-2-4-6-22)29-13-9-27(10-14-29)39-31-34-17-24(15-33)30(40-31)25-18-36-37-19-25/h2-8,11-12,17-21,27,29H,9-10,13-14,16H2,1H3,(H,35,43)(H,36,37)(H,34,39,40). The number of aromatic amines is 1. The van der Waals surface area contributed by atoms with Crippen molar-refractivity contribution in [2.45, 2.75) is 44.3 Å². The van der Waals surface area contributed by atoms with Gasteiger partial charge in [-0.1, -0.05) is 42.5 Å². The van der Waals surface area contributed by atoms with Gasteiger partial charge in [0.15, 0.2) is 0 Å². The molecule has 0 bridgehead atoms. The third kappa shape index (κ3) is 6.38. The monoisotopic (exact) mass is 572 g/mol. The summed E-state index contributed by atoms with van der Waals surface area (Å²) in [5, 5.41) is 27.1. The van der Waals surface area contributed by atoms with E-state index in [1.54, 1.807) is 17.1 Å². The first-order valence-corrected chi connectivity index (χ1v) is 14.3. The summed E-state index contributed by atoms with van der Waals surface area (Å²) in [7, 11) is 1.90. The SMILES string of the molecule is Cn1cc(-c2ccc(N(C(=O)NCc3ccccc3)C3CCC(Nc4ncc(C#N)c(-c5cn[nH]c5)n4)CC3)cc2)cn1. The van der Waals surface area contributed by atoms with Gasteiger partial charge >= 0.3 is 6.03 Å². The average Bonchev–Trinajstić information content (AvgIpc) is 3.74. The van der Waals surface area contributed by atoms with E-state index in [0.29, 0.717) is 23.8 Å². The number of nitrogens with one attached hydrogen (secondary N) is 3. The lowest BCUT2D eigenvalue weighted by molar-refractivity contribution is 0.240. The number of aromatic nitrogens is 6. The van der Waals surface area contributed by atoms with E-state index < -0.39 is 0 Å². The summed E-state index contributed by atoms with van der Waals surface area (Å²) in [6.45, 7) is 0.454. The molecule has 0 atom stereocenters.